The lowest BCUT2D eigenvalue weighted by Gasteiger charge is -2.28. The van der Waals surface area contributed by atoms with Gasteiger partial charge in [-0.3, -0.25) is 0 Å². The van der Waals surface area contributed by atoms with Crippen LogP contribution >= 0.6 is 0 Å². The zero-order valence-electron chi connectivity index (χ0n) is 23.6. The monoisotopic (exact) mass is 538 g/mol. The number of hydrogen-bond donors (Lipinski definition) is 0. The summed E-state index contributed by atoms with van der Waals surface area (Å²) in [5, 5.41) is 5.19. The number of nitrogens with zero attached hydrogens (tertiary/aromatic N) is 2. The van der Waals surface area contributed by atoms with Crippen LogP contribution < -0.4 is 0 Å². The van der Waals surface area contributed by atoms with E-state index >= 15 is 0 Å². The quantitative estimate of drug-likeness (QED) is 0.212. The van der Waals surface area contributed by atoms with Gasteiger partial charge in [0.25, 0.3) is 0 Å². The highest BCUT2D eigenvalue weighted by molar-refractivity contribution is 6.10. The van der Waals surface area contributed by atoms with Crippen molar-refractivity contribution in [2.75, 3.05) is 0 Å². The van der Waals surface area contributed by atoms with Crippen LogP contribution in [0.25, 0.3) is 66.1 Å². The molecular formula is C40H30N2. The lowest BCUT2D eigenvalue weighted by atomic mass is 9.77. The molecule has 2 heterocycles. The molecule has 0 radical (unpaired) electrons. The van der Waals surface area contributed by atoms with E-state index in [2.05, 4.69) is 150 Å². The average molecular weight is 539 g/mol. The van der Waals surface area contributed by atoms with Crippen molar-refractivity contribution in [3.8, 4) is 22.5 Å². The van der Waals surface area contributed by atoms with Crippen molar-refractivity contribution in [2.45, 2.75) is 25.7 Å². The topological polar surface area (TPSA) is 9.86 Å². The predicted octanol–water partition coefficient (Wildman–Crippen LogP) is 10.6. The summed E-state index contributed by atoms with van der Waals surface area (Å²) >= 11 is 0. The lowest BCUT2D eigenvalue weighted by molar-refractivity contribution is 0.653. The Morgan fingerprint density at radius 3 is 1.40 bits per heavy atom. The number of hydrogen-bond acceptors (Lipinski definition) is 0. The molecule has 1 aliphatic carbocycles. The molecule has 200 valence electrons. The highest BCUT2D eigenvalue weighted by Gasteiger charge is 2.25. The van der Waals surface area contributed by atoms with Gasteiger partial charge < -0.3 is 9.13 Å². The molecular weight excluding hydrogens is 508 g/mol. The van der Waals surface area contributed by atoms with Crippen molar-refractivity contribution in [2.24, 2.45) is 0 Å². The Bertz CT molecular complexity index is 2220. The van der Waals surface area contributed by atoms with E-state index in [-0.39, 0.29) is 0 Å². The van der Waals surface area contributed by atoms with Crippen molar-refractivity contribution in [3.05, 3.63) is 145 Å². The first-order valence-electron chi connectivity index (χ1n) is 15.0. The van der Waals surface area contributed by atoms with Crippen LogP contribution in [0.1, 0.15) is 30.4 Å². The van der Waals surface area contributed by atoms with Gasteiger partial charge in [-0.15, -0.1) is 0 Å². The van der Waals surface area contributed by atoms with Crippen molar-refractivity contribution >= 4 is 43.6 Å². The van der Waals surface area contributed by atoms with Gasteiger partial charge in [-0.2, -0.15) is 0 Å². The van der Waals surface area contributed by atoms with Gasteiger partial charge in [0.15, 0.2) is 0 Å². The lowest BCUT2D eigenvalue weighted by Crippen LogP contribution is -2.12. The van der Waals surface area contributed by atoms with Gasteiger partial charge in [-0.25, -0.2) is 0 Å². The molecule has 0 aliphatic heterocycles. The maximum Gasteiger partial charge on any atom is 0.0541 e. The van der Waals surface area contributed by atoms with Gasteiger partial charge >= 0.3 is 0 Å². The van der Waals surface area contributed by atoms with E-state index in [1.54, 1.807) is 0 Å². The summed E-state index contributed by atoms with van der Waals surface area (Å²) in [5.41, 5.74) is 13.1. The van der Waals surface area contributed by atoms with Crippen LogP contribution in [-0.2, 0) is 6.42 Å². The molecule has 1 unspecified atom stereocenters. The van der Waals surface area contributed by atoms with Crippen molar-refractivity contribution < 1.29 is 0 Å². The molecule has 42 heavy (non-hydrogen) atoms. The minimum atomic E-state index is 0.527. The van der Waals surface area contributed by atoms with Crippen LogP contribution in [-0.4, -0.2) is 9.13 Å². The Morgan fingerprint density at radius 1 is 0.500 bits per heavy atom. The second-order valence-corrected chi connectivity index (χ2v) is 11.7. The van der Waals surface area contributed by atoms with Crippen LogP contribution in [0.5, 0.6) is 0 Å². The molecule has 0 saturated carbocycles. The second kappa shape index (κ2) is 8.96. The van der Waals surface area contributed by atoms with E-state index in [0.717, 1.165) is 12.8 Å². The number of benzene rings is 6. The van der Waals surface area contributed by atoms with Gasteiger partial charge in [-0.1, -0.05) is 91.9 Å². The molecule has 8 aromatic rings. The molecule has 1 atom stereocenters. The molecule has 2 heteroatoms. The average Bonchev–Trinajstić information content (AvgIpc) is 3.57. The molecule has 9 rings (SSSR count). The van der Waals surface area contributed by atoms with E-state index in [4.69, 9.17) is 0 Å². The third-order valence-corrected chi connectivity index (χ3v) is 9.50. The molecule has 0 amide bonds. The SMILES string of the molecule is CCC1Cc2ccc(-n3c4ccccc4c4ccccc43)cc2-c2cc(-n3c4ccccc4c4ccccc43)ccc21. The third-order valence-electron chi connectivity index (χ3n) is 9.50. The molecule has 0 fully saturated rings. The Morgan fingerprint density at radius 2 is 0.929 bits per heavy atom. The Balaban J connectivity index is 1.30. The van der Waals surface area contributed by atoms with Crippen LogP contribution in [0.2, 0.25) is 0 Å². The first kappa shape index (κ1) is 23.6. The molecule has 0 spiro atoms. The summed E-state index contributed by atoms with van der Waals surface area (Å²) in [4.78, 5) is 0. The largest absolute Gasteiger partial charge is 0.309 e. The zero-order valence-corrected chi connectivity index (χ0v) is 23.6. The summed E-state index contributed by atoms with van der Waals surface area (Å²) in [6.07, 6.45) is 2.22. The minimum Gasteiger partial charge on any atom is -0.309 e. The smallest absolute Gasteiger partial charge is 0.0541 e. The summed E-state index contributed by atoms with van der Waals surface area (Å²) in [7, 11) is 0. The van der Waals surface area contributed by atoms with Crippen molar-refractivity contribution in [3.63, 3.8) is 0 Å². The second-order valence-electron chi connectivity index (χ2n) is 11.7. The predicted molar refractivity (Wildman–Crippen MR) is 177 cm³/mol. The van der Waals surface area contributed by atoms with Gasteiger partial charge in [-0.05, 0) is 89.5 Å². The van der Waals surface area contributed by atoms with Gasteiger partial charge in [0.2, 0.25) is 0 Å². The Hall–Kier alpha value is -5.08. The van der Waals surface area contributed by atoms with E-state index in [9.17, 15) is 0 Å². The first-order chi connectivity index (χ1) is 20.8. The zero-order chi connectivity index (χ0) is 27.8. The van der Waals surface area contributed by atoms with Crippen molar-refractivity contribution in [1.29, 1.82) is 0 Å². The van der Waals surface area contributed by atoms with Gasteiger partial charge in [0.1, 0.15) is 0 Å². The van der Waals surface area contributed by atoms with Gasteiger partial charge in [0, 0.05) is 32.9 Å². The molecule has 2 nitrogen and oxygen atoms in total. The fourth-order valence-corrected chi connectivity index (χ4v) is 7.55. The van der Waals surface area contributed by atoms with Crippen LogP contribution in [0.15, 0.2) is 133 Å². The fraction of sp³-hybridized carbons (Fsp3) is 0.100. The summed E-state index contributed by atoms with van der Waals surface area (Å²) in [5.74, 6) is 0.527. The third kappa shape index (κ3) is 3.27. The molecule has 0 N–H and O–H groups in total. The van der Waals surface area contributed by atoms with Crippen LogP contribution in [0, 0.1) is 0 Å². The van der Waals surface area contributed by atoms with E-state index in [1.165, 1.54) is 77.2 Å². The maximum absolute atomic E-state index is 2.45. The minimum absolute atomic E-state index is 0.527. The molecule has 2 aromatic heterocycles. The molecule has 0 bridgehead atoms. The molecule has 0 saturated heterocycles. The fourth-order valence-electron chi connectivity index (χ4n) is 7.55. The van der Waals surface area contributed by atoms with E-state index in [1.807, 2.05) is 0 Å². The molecule has 6 aromatic carbocycles. The van der Waals surface area contributed by atoms with E-state index < -0.39 is 0 Å². The Labute approximate surface area is 245 Å². The van der Waals surface area contributed by atoms with Crippen LogP contribution in [0.3, 0.4) is 0 Å². The Kier molecular flexibility index (Phi) is 5.04. The number of aromatic nitrogens is 2. The summed E-state index contributed by atoms with van der Waals surface area (Å²) < 4.78 is 4.88. The highest BCUT2D eigenvalue weighted by Crippen LogP contribution is 2.44. The number of fused-ring (bicyclic) bond motifs is 9. The standard InChI is InChI=1S/C40H30N2/c1-2-26-23-27-19-20-28(41-37-15-7-3-11-31(37)32-12-4-8-16-38(32)41)24-35(27)36-25-29(21-22-30(26)36)42-39-17-9-5-13-33(39)34-14-6-10-18-40(34)42/h3-22,24-26H,2,23H2,1H3. The van der Waals surface area contributed by atoms with Gasteiger partial charge in [0.05, 0.1) is 22.1 Å². The normalized spacial score (nSPS) is 14.5. The number of para-hydroxylation sites is 4. The highest BCUT2D eigenvalue weighted by atomic mass is 15.0. The van der Waals surface area contributed by atoms with Crippen molar-refractivity contribution in [1.82, 2.24) is 9.13 Å². The van der Waals surface area contributed by atoms with E-state index in [0.29, 0.717) is 5.92 Å². The van der Waals surface area contributed by atoms with Crippen LogP contribution in [0.4, 0.5) is 0 Å². The molecule has 1 aliphatic rings. The summed E-state index contributed by atoms with van der Waals surface area (Å²) in [6.45, 7) is 2.33. The summed E-state index contributed by atoms with van der Waals surface area (Å²) in [6, 6.07) is 49.5. The number of rotatable bonds is 3. The maximum atomic E-state index is 2.45. The first-order valence-corrected chi connectivity index (χ1v) is 15.0.